The van der Waals surface area contributed by atoms with E-state index in [1.807, 2.05) is 29.2 Å². The number of nitrogens with zero attached hydrogens (tertiary/aromatic N) is 5. The molecule has 3 heterocycles. The molecule has 2 aromatic rings. The van der Waals surface area contributed by atoms with Gasteiger partial charge in [-0.05, 0) is 44.4 Å². The molecule has 0 aliphatic carbocycles. The molecular formula is C21H29N5O2. The van der Waals surface area contributed by atoms with Crippen molar-refractivity contribution in [2.24, 2.45) is 0 Å². The second-order valence-electron chi connectivity index (χ2n) is 7.77. The lowest BCUT2D eigenvalue weighted by atomic mass is 9.99. The van der Waals surface area contributed by atoms with E-state index >= 15 is 0 Å². The van der Waals surface area contributed by atoms with Crippen molar-refractivity contribution in [2.75, 3.05) is 27.2 Å². The number of piperidine rings is 1. The van der Waals surface area contributed by atoms with Crippen LogP contribution in [0, 0.1) is 0 Å². The SMILES string of the molecule is COc1ccccc1CCC(=O)N1CCCC[C@@H]1c1nnc2n1CCN(C)C2. The maximum absolute atomic E-state index is 13.1. The van der Waals surface area contributed by atoms with Gasteiger partial charge in [0.25, 0.3) is 0 Å². The maximum Gasteiger partial charge on any atom is 0.223 e. The largest absolute Gasteiger partial charge is 0.496 e. The number of fused-ring (bicyclic) bond motifs is 1. The summed E-state index contributed by atoms with van der Waals surface area (Å²) in [6, 6.07) is 7.97. The molecule has 0 radical (unpaired) electrons. The van der Waals surface area contributed by atoms with E-state index in [1.54, 1.807) is 7.11 Å². The van der Waals surface area contributed by atoms with Crippen LogP contribution in [0.25, 0.3) is 0 Å². The lowest BCUT2D eigenvalue weighted by Crippen LogP contribution is -2.41. The first-order chi connectivity index (χ1) is 13.7. The molecule has 0 N–H and O–H groups in total. The fraction of sp³-hybridized carbons (Fsp3) is 0.571. The van der Waals surface area contributed by atoms with Crippen molar-refractivity contribution in [1.29, 1.82) is 0 Å². The van der Waals surface area contributed by atoms with Gasteiger partial charge < -0.3 is 14.2 Å². The molecule has 28 heavy (non-hydrogen) atoms. The molecule has 0 saturated carbocycles. The van der Waals surface area contributed by atoms with Crippen LogP contribution in [0.2, 0.25) is 0 Å². The van der Waals surface area contributed by atoms with Crippen molar-refractivity contribution in [2.45, 2.75) is 51.2 Å². The Labute approximate surface area is 166 Å². The summed E-state index contributed by atoms with van der Waals surface area (Å²) in [6.07, 6.45) is 4.33. The fourth-order valence-electron chi connectivity index (χ4n) is 4.34. The Kier molecular flexibility index (Phi) is 5.62. The number of carbonyl (C=O) groups excluding carboxylic acids is 1. The quantitative estimate of drug-likeness (QED) is 0.793. The predicted molar refractivity (Wildman–Crippen MR) is 106 cm³/mol. The van der Waals surface area contributed by atoms with E-state index in [-0.39, 0.29) is 11.9 Å². The summed E-state index contributed by atoms with van der Waals surface area (Å²) in [5.41, 5.74) is 1.08. The Bertz CT molecular complexity index is 834. The molecule has 1 saturated heterocycles. The molecule has 2 aliphatic heterocycles. The summed E-state index contributed by atoms with van der Waals surface area (Å²) in [5.74, 6) is 3.02. The third-order valence-corrected chi connectivity index (χ3v) is 5.89. The van der Waals surface area contributed by atoms with Crippen LogP contribution in [0.1, 0.15) is 48.9 Å². The molecule has 1 aromatic carbocycles. The molecule has 0 unspecified atom stereocenters. The molecule has 2 aliphatic rings. The number of likely N-dealkylation sites (N-methyl/N-ethyl adjacent to an activating group) is 1. The number of hydrogen-bond donors (Lipinski definition) is 0. The van der Waals surface area contributed by atoms with Gasteiger partial charge in [0.2, 0.25) is 5.91 Å². The van der Waals surface area contributed by atoms with Gasteiger partial charge in [0.15, 0.2) is 5.82 Å². The first-order valence-corrected chi connectivity index (χ1v) is 10.2. The fourth-order valence-corrected chi connectivity index (χ4v) is 4.34. The highest BCUT2D eigenvalue weighted by Crippen LogP contribution is 2.32. The van der Waals surface area contributed by atoms with Crippen molar-refractivity contribution >= 4 is 5.91 Å². The number of hydrogen-bond acceptors (Lipinski definition) is 5. The van der Waals surface area contributed by atoms with Gasteiger partial charge in [-0.1, -0.05) is 18.2 Å². The van der Waals surface area contributed by atoms with E-state index in [4.69, 9.17) is 4.74 Å². The van der Waals surface area contributed by atoms with Crippen LogP contribution < -0.4 is 4.74 Å². The average Bonchev–Trinajstić information content (AvgIpc) is 3.15. The molecule has 1 fully saturated rings. The topological polar surface area (TPSA) is 63.5 Å². The third-order valence-electron chi connectivity index (χ3n) is 5.89. The minimum atomic E-state index is 0.0450. The molecule has 1 atom stereocenters. The van der Waals surface area contributed by atoms with Crippen LogP contribution in [-0.4, -0.2) is 57.7 Å². The van der Waals surface area contributed by atoms with E-state index in [9.17, 15) is 4.79 Å². The number of aryl methyl sites for hydroxylation is 1. The molecule has 7 heteroatoms. The Morgan fingerprint density at radius 3 is 2.89 bits per heavy atom. The van der Waals surface area contributed by atoms with Crippen LogP contribution >= 0.6 is 0 Å². The van der Waals surface area contributed by atoms with Crippen molar-refractivity contribution in [3.05, 3.63) is 41.5 Å². The molecule has 0 spiro atoms. The Morgan fingerprint density at radius 1 is 1.18 bits per heavy atom. The standard InChI is InChI=1S/C21H29N5O2/c1-24-13-14-26-19(15-24)22-23-21(26)17-8-5-6-12-25(17)20(27)11-10-16-7-3-4-9-18(16)28-2/h3-4,7,9,17H,5-6,8,10-15H2,1-2H3/t17-/m1/s1. The number of benzene rings is 1. The van der Waals surface area contributed by atoms with Gasteiger partial charge in [-0.3, -0.25) is 9.69 Å². The predicted octanol–water partition coefficient (Wildman–Crippen LogP) is 2.42. The molecule has 0 bridgehead atoms. The van der Waals surface area contributed by atoms with E-state index in [0.717, 1.165) is 68.4 Å². The van der Waals surface area contributed by atoms with Gasteiger partial charge >= 0.3 is 0 Å². The number of methoxy groups -OCH3 is 1. The first-order valence-electron chi connectivity index (χ1n) is 10.2. The lowest BCUT2D eigenvalue weighted by Gasteiger charge is -2.36. The summed E-state index contributed by atoms with van der Waals surface area (Å²) in [4.78, 5) is 17.4. The summed E-state index contributed by atoms with van der Waals surface area (Å²) < 4.78 is 7.66. The zero-order valence-corrected chi connectivity index (χ0v) is 16.8. The summed E-state index contributed by atoms with van der Waals surface area (Å²) >= 11 is 0. The molecule has 7 nitrogen and oxygen atoms in total. The van der Waals surface area contributed by atoms with Crippen LogP contribution in [0.15, 0.2) is 24.3 Å². The highest BCUT2D eigenvalue weighted by Gasteiger charge is 2.33. The summed E-state index contributed by atoms with van der Waals surface area (Å²) in [5, 5.41) is 8.92. The number of aromatic nitrogens is 3. The first kappa shape index (κ1) is 18.9. The Hall–Kier alpha value is -2.41. The normalized spacial score (nSPS) is 20.1. The smallest absolute Gasteiger partial charge is 0.223 e. The van der Waals surface area contributed by atoms with Crippen molar-refractivity contribution in [3.8, 4) is 5.75 Å². The number of likely N-dealkylation sites (tertiary alicyclic amines) is 1. The van der Waals surface area contributed by atoms with Crippen molar-refractivity contribution < 1.29 is 9.53 Å². The number of amides is 1. The molecule has 4 rings (SSSR count). The Morgan fingerprint density at radius 2 is 2.04 bits per heavy atom. The average molecular weight is 383 g/mol. The molecule has 1 aromatic heterocycles. The maximum atomic E-state index is 13.1. The van der Waals surface area contributed by atoms with Gasteiger partial charge in [-0.25, -0.2) is 0 Å². The molecular weight excluding hydrogens is 354 g/mol. The second-order valence-corrected chi connectivity index (χ2v) is 7.77. The van der Waals surface area contributed by atoms with Gasteiger partial charge in [-0.2, -0.15) is 0 Å². The van der Waals surface area contributed by atoms with Crippen molar-refractivity contribution in [3.63, 3.8) is 0 Å². The molecule has 1 amide bonds. The van der Waals surface area contributed by atoms with Crippen LogP contribution in [-0.2, 0) is 24.3 Å². The van der Waals surface area contributed by atoms with E-state index in [1.165, 1.54) is 0 Å². The van der Waals surface area contributed by atoms with Gasteiger partial charge in [0.05, 0.1) is 19.7 Å². The third kappa shape index (κ3) is 3.76. The number of para-hydroxylation sites is 1. The van der Waals surface area contributed by atoms with Gasteiger partial charge in [0, 0.05) is 26.1 Å². The monoisotopic (exact) mass is 383 g/mol. The zero-order chi connectivity index (χ0) is 19.5. The second kappa shape index (κ2) is 8.31. The van der Waals surface area contributed by atoms with E-state index in [0.29, 0.717) is 12.8 Å². The number of rotatable bonds is 5. The zero-order valence-electron chi connectivity index (χ0n) is 16.8. The Balaban J connectivity index is 1.49. The van der Waals surface area contributed by atoms with Gasteiger partial charge in [-0.15, -0.1) is 10.2 Å². The lowest BCUT2D eigenvalue weighted by molar-refractivity contribution is -0.135. The number of ether oxygens (including phenoxy) is 1. The van der Waals surface area contributed by atoms with Crippen LogP contribution in [0.3, 0.4) is 0 Å². The van der Waals surface area contributed by atoms with Crippen LogP contribution in [0.4, 0.5) is 0 Å². The highest BCUT2D eigenvalue weighted by atomic mass is 16.5. The van der Waals surface area contributed by atoms with E-state index < -0.39 is 0 Å². The van der Waals surface area contributed by atoms with E-state index in [2.05, 4.69) is 26.7 Å². The minimum Gasteiger partial charge on any atom is -0.496 e. The van der Waals surface area contributed by atoms with Crippen molar-refractivity contribution in [1.82, 2.24) is 24.6 Å². The minimum absolute atomic E-state index is 0.0450. The van der Waals surface area contributed by atoms with Gasteiger partial charge in [0.1, 0.15) is 11.6 Å². The summed E-state index contributed by atoms with van der Waals surface area (Å²) in [6.45, 7) is 3.51. The highest BCUT2D eigenvalue weighted by molar-refractivity contribution is 5.77. The van der Waals surface area contributed by atoms with Crippen LogP contribution in [0.5, 0.6) is 5.75 Å². The number of carbonyl (C=O) groups is 1. The summed E-state index contributed by atoms with van der Waals surface area (Å²) in [7, 11) is 3.78. The molecule has 150 valence electrons.